The van der Waals surface area contributed by atoms with E-state index in [0.717, 1.165) is 22.8 Å². The Morgan fingerprint density at radius 1 is 1.08 bits per heavy atom. The third-order valence-electron chi connectivity index (χ3n) is 5.01. The Bertz CT molecular complexity index is 726. The van der Waals surface area contributed by atoms with Crippen molar-refractivity contribution in [1.82, 2.24) is 9.88 Å². The molecule has 1 aromatic heterocycles. The Morgan fingerprint density at radius 2 is 1.83 bits per heavy atom. The van der Waals surface area contributed by atoms with Crippen molar-refractivity contribution >= 4 is 21.5 Å². The maximum absolute atomic E-state index is 4.69. The van der Waals surface area contributed by atoms with Gasteiger partial charge in [0.2, 0.25) is 0 Å². The predicted molar refractivity (Wildman–Crippen MR) is 103 cm³/mol. The highest BCUT2D eigenvalue weighted by Crippen LogP contribution is 2.40. The van der Waals surface area contributed by atoms with Crippen LogP contribution in [-0.4, -0.2) is 29.5 Å². The molecule has 0 N–H and O–H groups in total. The molecule has 3 heteroatoms. The van der Waals surface area contributed by atoms with Crippen molar-refractivity contribution in [1.29, 1.82) is 0 Å². The van der Waals surface area contributed by atoms with Crippen LogP contribution in [0.15, 0.2) is 53.1 Å². The zero-order chi connectivity index (χ0) is 16.4. The highest BCUT2D eigenvalue weighted by atomic mass is 79.9. The van der Waals surface area contributed by atoms with E-state index in [1.807, 2.05) is 6.07 Å². The average molecular weight is 383 g/mol. The quantitative estimate of drug-likeness (QED) is 0.656. The number of pyridine rings is 1. The molecule has 1 saturated carbocycles. The summed E-state index contributed by atoms with van der Waals surface area (Å²) in [5, 5.41) is 0. The van der Waals surface area contributed by atoms with Crippen molar-refractivity contribution in [2.75, 3.05) is 19.6 Å². The van der Waals surface area contributed by atoms with Gasteiger partial charge in [-0.25, -0.2) is 4.98 Å². The lowest BCUT2D eigenvalue weighted by Gasteiger charge is -2.14. The lowest BCUT2D eigenvalue weighted by molar-refractivity contribution is 0.377. The summed E-state index contributed by atoms with van der Waals surface area (Å²) in [5.74, 6) is 0.806. The SMILES string of the molecule is Brc1cccc(/C(=C\CN2CCCC2)c2ccc(C3CC3)cc2)n1. The molecule has 1 saturated heterocycles. The molecule has 124 valence electrons. The molecule has 0 amide bonds. The zero-order valence-electron chi connectivity index (χ0n) is 13.9. The van der Waals surface area contributed by atoms with Crippen LogP contribution in [0.4, 0.5) is 0 Å². The normalized spacial score (nSPS) is 19.0. The van der Waals surface area contributed by atoms with Crippen LogP contribution in [0.25, 0.3) is 5.57 Å². The van der Waals surface area contributed by atoms with Crippen LogP contribution in [0.5, 0.6) is 0 Å². The Hall–Kier alpha value is -1.45. The highest BCUT2D eigenvalue weighted by molar-refractivity contribution is 9.10. The summed E-state index contributed by atoms with van der Waals surface area (Å²) in [6, 6.07) is 15.3. The first-order valence-electron chi connectivity index (χ1n) is 8.95. The summed E-state index contributed by atoms with van der Waals surface area (Å²) in [6.45, 7) is 3.44. The van der Waals surface area contributed by atoms with E-state index in [2.05, 4.69) is 63.3 Å². The fraction of sp³-hybridized carbons (Fsp3) is 0.381. The topological polar surface area (TPSA) is 16.1 Å². The summed E-state index contributed by atoms with van der Waals surface area (Å²) < 4.78 is 0.890. The molecule has 0 unspecified atom stereocenters. The number of aromatic nitrogens is 1. The number of hydrogen-bond donors (Lipinski definition) is 0. The molecule has 2 aliphatic rings. The van der Waals surface area contributed by atoms with Crippen LogP contribution in [0.1, 0.15) is 48.4 Å². The molecule has 0 atom stereocenters. The Morgan fingerprint density at radius 3 is 2.50 bits per heavy atom. The van der Waals surface area contributed by atoms with Crippen molar-refractivity contribution in [3.8, 4) is 0 Å². The summed E-state index contributed by atoms with van der Waals surface area (Å²) >= 11 is 3.51. The predicted octanol–water partition coefficient (Wildman–Crippen LogP) is 5.25. The minimum atomic E-state index is 0.806. The highest BCUT2D eigenvalue weighted by Gasteiger charge is 2.23. The van der Waals surface area contributed by atoms with Gasteiger partial charge in [-0.1, -0.05) is 36.4 Å². The Labute approximate surface area is 152 Å². The number of nitrogens with zero attached hydrogens (tertiary/aromatic N) is 2. The van der Waals surface area contributed by atoms with Crippen molar-refractivity contribution in [2.24, 2.45) is 0 Å². The lowest BCUT2D eigenvalue weighted by atomic mass is 9.99. The van der Waals surface area contributed by atoms with Gasteiger partial charge in [0, 0.05) is 12.1 Å². The van der Waals surface area contributed by atoms with Crippen LogP contribution in [0.2, 0.25) is 0 Å². The molecule has 2 heterocycles. The molecule has 0 spiro atoms. The van der Waals surface area contributed by atoms with Crippen LogP contribution in [0, 0.1) is 0 Å². The van der Waals surface area contributed by atoms with Gasteiger partial charge in [0.1, 0.15) is 4.60 Å². The monoisotopic (exact) mass is 382 g/mol. The van der Waals surface area contributed by atoms with Gasteiger partial charge >= 0.3 is 0 Å². The number of hydrogen-bond acceptors (Lipinski definition) is 2. The van der Waals surface area contributed by atoms with Crippen molar-refractivity contribution in [3.63, 3.8) is 0 Å². The maximum Gasteiger partial charge on any atom is 0.106 e. The summed E-state index contributed by atoms with van der Waals surface area (Å²) in [6.07, 6.45) is 7.71. The van der Waals surface area contributed by atoms with Gasteiger partial charge in [-0.15, -0.1) is 0 Å². The van der Waals surface area contributed by atoms with Gasteiger partial charge in [-0.2, -0.15) is 0 Å². The summed E-state index contributed by atoms with van der Waals surface area (Å²) in [7, 11) is 0. The minimum absolute atomic E-state index is 0.806. The van der Waals surface area contributed by atoms with E-state index < -0.39 is 0 Å². The van der Waals surface area contributed by atoms with Gasteiger partial charge in [-0.3, -0.25) is 4.90 Å². The first kappa shape index (κ1) is 16.0. The fourth-order valence-electron chi connectivity index (χ4n) is 3.47. The van der Waals surface area contributed by atoms with Crippen LogP contribution >= 0.6 is 15.9 Å². The van der Waals surface area contributed by atoms with Crippen molar-refractivity contribution in [3.05, 3.63) is 70.0 Å². The number of benzene rings is 1. The molecule has 2 aromatic rings. The molecular weight excluding hydrogens is 360 g/mol. The zero-order valence-corrected chi connectivity index (χ0v) is 15.5. The van der Waals surface area contributed by atoms with E-state index in [9.17, 15) is 0 Å². The number of rotatable bonds is 5. The fourth-order valence-corrected chi connectivity index (χ4v) is 3.81. The van der Waals surface area contributed by atoms with Crippen LogP contribution in [0.3, 0.4) is 0 Å². The molecular formula is C21H23BrN2. The lowest BCUT2D eigenvalue weighted by Crippen LogP contribution is -2.19. The van der Waals surface area contributed by atoms with Gasteiger partial charge < -0.3 is 0 Å². The maximum atomic E-state index is 4.69. The van der Waals surface area contributed by atoms with Gasteiger partial charge in [0.25, 0.3) is 0 Å². The van der Waals surface area contributed by atoms with Crippen LogP contribution < -0.4 is 0 Å². The van der Waals surface area contributed by atoms with Crippen LogP contribution in [-0.2, 0) is 0 Å². The molecule has 0 radical (unpaired) electrons. The second-order valence-electron chi connectivity index (χ2n) is 6.87. The molecule has 4 rings (SSSR count). The van der Waals surface area contributed by atoms with E-state index in [-0.39, 0.29) is 0 Å². The van der Waals surface area contributed by atoms with E-state index in [0.29, 0.717) is 0 Å². The minimum Gasteiger partial charge on any atom is -0.300 e. The van der Waals surface area contributed by atoms with Gasteiger partial charge in [-0.05, 0) is 83.9 Å². The first-order chi connectivity index (χ1) is 11.8. The largest absolute Gasteiger partial charge is 0.300 e. The number of likely N-dealkylation sites (tertiary alicyclic amines) is 1. The molecule has 1 aromatic carbocycles. The van der Waals surface area contributed by atoms with E-state index >= 15 is 0 Å². The molecule has 2 fully saturated rings. The van der Waals surface area contributed by atoms with E-state index in [1.54, 1.807) is 0 Å². The second-order valence-corrected chi connectivity index (χ2v) is 7.68. The third kappa shape index (κ3) is 3.79. The van der Waals surface area contributed by atoms with Crippen molar-refractivity contribution in [2.45, 2.75) is 31.6 Å². The second kappa shape index (κ2) is 7.20. The molecule has 24 heavy (non-hydrogen) atoms. The Balaban J connectivity index is 1.64. The molecule has 2 nitrogen and oxygen atoms in total. The summed E-state index contributed by atoms with van der Waals surface area (Å²) in [5.41, 5.74) is 5.04. The third-order valence-corrected chi connectivity index (χ3v) is 5.46. The first-order valence-corrected chi connectivity index (χ1v) is 9.75. The average Bonchev–Trinajstić information content (AvgIpc) is 3.32. The van der Waals surface area contributed by atoms with Gasteiger partial charge in [0.15, 0.2) is 0 Å². The molecule has 1 aliphatic heterocycles. The molecule has 0 bridgehead atoms. The smallest absolute Gasteiger partial charge is 0.106 e. The number of halogens is 1. The standard InChI is InChI=1S/C21H23BrN2/c22-21-5-3-4-20(23-21)19(12-15-24-13-1-2-14-24)18-10-8-17(9-11-18)16-6-7-16/h3-5,8-12,16H,1-2,6-7,13-15H2/b19-12-. The summed E-state index contributed by atoms with van der Waals surface area (Å²) in [4.78, 5) is 7.22. The van der Waals surface area contributed by atoms with E-state index in [1.165, 1.54) is 55.5 Å². The van der Waals surface area contributed by atoms with Crippen molar-refractivity contribution < 1.29 is 0 Å². The van der Waals surface area contributed by atoms with Gasteiger partial charge in [0.05, 0.1) is 5.69 Å². The van der Waals surface area contributed by atoms with E-state index in [4.69, 9.17) is 4.98 Å². The molecule has 1 aliphatic carbocycles. The Kier molecular flexibility index (Phi) is 4.81.